The minimum Gasteiger partial charge on any atom is -0.257 e. The van der Waals surface area contributed by atoms with Gasteiger partial charge in [0.25, 0.3) is 0 Å². The van der Waals surface area contributed by atoms with Crippen LogP contribution in [-0.2, 0) is 0 Å². The third-order valence-electron chi connectivity index (χ3n) is 0.735. The molecule has 0 aromatic carbocycles. The molecule has 0 aliphatic rings. The van der Waals surface area contributed by atoms with Crippen LogP contribution in [0, 0.1) is 3.95 Å². The molecule has 0 spiro atoms. The Balaban J connectivity index is 2.50. The van der Waals surface area contributed by atoms with Crippen LogP contribution in [-0.4, -0.2) is 21.7 Å². The lowest BCUT2D eigenvalue weighted by molar-refractivity contribution is 1.00. The molecule has 0 saturated heterocycles. The van der Waals surface area contributed by atoms with E-state index in [2.05, 4.69) is 22.8 Å². The van der Waals surface area contributed by atoms with Gasteiger partial charge in [0.05, 0.1) is 0 Å². The van der Waals surface area contributed by atoms with E-state index in [0.717, 1.165) is 19.8 Å². The molecule has 0 amide bonds. The molecule has 2 nitrogen and oxygen atoms in total. The summed E-state index contributed by atoms with van der Waals surface area (Å²) < 4.78 is 1.74. The molecular weight excluding hydrogens is 204 g/mol. The zero-order valence-corrected chi connectivity index (χ0v) is 8.38. The maximum atomic E-state index is 4.85. The zero-order valence-electron chi connectivity index (χ0n) is 5.03. The Bertz CT molecular complexity index is 239. The van der Waals surface area contributed by atoms with Crippen LogP contribution >= 0.6 is 47.9 Å². The topological polar surface area (TPSA) is 28.7 Å². The van der Waals surface area contributed by atoms with Gasteiger partial charge in [0.2, 0.25) is 0 Å². The lowest BCUT2D eigenvalue weighted by Crippen LogP contribution is -1.77. The summed E-state index contributed by atoms with van der Waals surface area (Å²) in [5.41, 5.74) is 0. The fourth-order valence-electron chi connectivity index (χ4n) is 0.411. The van der Waals surface area contributed by atoms with Crippen LogP contribution in [0.1, 0.15) is 0 Å². The molecule has 1 rings (SSSR count). The van der Waals surface area contributed by atoms with E-state index in [0.29, 0.717) is 0 Å². The average Bonchev–Trinajstić information content (AvgIpc) is 2.31. The average molecular weight is 210 g/mol. The fraction of sp³-hybridized carbons (Fsp3) is 0.500. The number of rotatable bonds is 3. The maximum Gasteiger partial charge on any atom is 0.177 e. The summed E-state index contributed by atoms with van der Waals surface area (Å²) in [5.74, 6) is 1.86. The highest BCUT2D eigenvalue weighted by Gasteiger charge is 1.95. The van der Waals surface area contributed by atoms with E-state index < -0.39 is 0 Å². The SMILES string of the molecule is S=c1[nH]nc(SCCS)s1. The Morgan fingerprint density at radius 1 is 1.80 bits per heavy atom. The van der Waals surface area contributed by atoms with Crippen molar-refractivity contribution in [2.45, 2.75) is 4.34 Å². The largest absolute Gasteiger partial charge is 0.257 e. The first-order chi connectivity index (χ1) is 4.83. The van der Waals surface area contributed by atoms with Gasteiger partial charge in [-0.05, 0) is 18.0 Å². The summed E-state index contributed by atoms with van der Waals surface area (Å²) in [5, 5.41) is 6.69. The van der Waals surface area contributed by atoms with Crippen molar-refractivity contribution < 1.29 is 0 Å². The number of aromatic amines is 1. The standard InChI is InChI=1S/C4H6N2S4/c7-1-2-9-4-6-5-3(8)10-4/h7H,1-2H2,(H,5,8). The van der Waals surface area contributed by atoms with E-state index in [9.17, 15) is 0 Å². The summed E-state index contributed by atoms with van der Waals surface area (Å²) in [6, 6.07) is 0. The van der Waals surface area contributed by atoms with Crippen LogP contribution in [0.5, 0.6) is 0 Å². The quantitative estimate of drug-likeness (QED) is 0.455. The highest BCUT2D eigenvalue weighted by molar-refractivity contribution is 8.01. The van der Waals surface area contributed by atoms with E-state index in [4.69, 9.17) is 12.2 Å². The van der Waals surface area contributed by atoms with E-state index >= 15 is 0 Å². The normalized spacial score (nSPS) is 10.1. The number of H-pyrrole nitrogens is 1. The van der Waals surface area contributed by atoms with Gasteiger partial charge in [0, 0.05) is 5.75 Å². The van der Waals surface area contributed by atoms with Crippen molar-refractivity contribution in [3.63, 3.8) is 0 Å². The predicted molar refractivity (Wildman–Crippen MR) is 51.9 cm³/mol. The smallest absolute Gasteiger partial charge is 0.177 e. The molecule has 0 unspecified atom stereocenters. The Labute approximate surface area is 77.8 Å². The second kappa shape index (κ2) is 4.38. The molecule has 0 aliphatic carbocycles. The van der Waals surface area contributed by atoms with Crippen LogP contribution in [0.15, 0.2) is 4.34 Å². The van der Waals surface area contributed by atoms with E-state index in [-0.39, 0.29) is 0 Å². The molecule has 0 saturated carbocycles. The summed E-state index contributed by atoms with van der Waals surface area (Å²) in [6.07, 6.45) is 0. The van der Waals surface area contributed by atoms with Gasteiger partial charge in [-0.15, -0.1) is 0 Å². The van der Waals surface area contributed by atoms with Gasteiger partial charge in [-0.25, -0.2) is 0 Å². The lowest BCUT2D eigenvalue weighted by Gasteiger charge is -1.87. The van der Waals surface area contributed by atoms with Crippen molar-refractivity contribution in [2.75, 3.05) is 11.5 Å². The van der Waals surface area contributed by atoms with Gasteiger partial charge in [0.1, 0.15) is 0 Å². The van der Waals surface area contributed by atoms with Gasteiger partial charge in [-0.3, -0.25) is 5.10 Å². The molecule has 6 heteroatoms. The van der Waals surface area contributed by atoms with Gasteiger partial charge in [-0.1, -0.05) is 23.1 Å². The first-order valence-electron chi connectivity index (χ1n) is 2.62. The summed E-state index contributed by atoms with van der Waals surface area (Å²) in [6.45, 7) is 0. The number of thiol groups is 1. The Morgan fingerprint density at radius 3 is 3.10 bits per heavy atom. The number of thioether (sulfide) groups is 1. The van der Waals surface area contributed by atoms with Crippen molar-refractivity contribution in [1.82, 2.24) is 10.2 Å². The Kier molecular flexibility index (Phi) is 3.75. The van der Waals surface area contributed by atoms with Crippen molar-refractivity contribution >= 4 is 47.9 Å². The van der Waals surface area contributed by atoms with Crippen molar-refractivity contribution in [2.24, 2.45) is 0 Å². The molecule has 1 N–H and O–H groups in total. The predicted octanol–water partition coefficient (Wildman–Crippen LogP) is 2.22. The number of hydrogen-bond donors (Lipinski definition) is 2. The highest BCUT2D eigenvalue weighted by atomic mass is 32.2. The first kappa shape index (κ1) is 8.58. The molecule has 10 heavy (non-hydrogen) atoms. The van der Waals surface area contributed by atoms with Crippen LogP contribution in [0.2, 0.25) is 0 Å². The van der Waals surface area contributed by atoms with Crippen molar-refractivity contribution in [3.05, 3.63) is 3.95 Å². The van der Waals surface area contributed by atoms with Crippen LogP contribution in [0.3, 0.4) is 0 Å². The van der Waals surface area contributed by atoms with E-state index in [1.54, 1.807) is 11.8 Å². The number of nitrogens with zero attached hydrogens (tertiary/aromatic N) is 1. The second-order valence-corrected chi connectivity index (χ2v) is 4.91. The van der Waals surface area contributed by atoms with Crippen molar-refractivity contribution in [1.29, 1.82) is 0 Å². The Morgan fingerprint density at radius 2 is 2.60 bits per heavy atom. The van der Waals surface area contributed by atoms with E-state index in [1.807, 2.05) is 0 Å². The van der Waals surface area contributed by atoms with Gasteiger partial charge >= 0.3 is 0 Å². The monoisotopic (exact) mass is 210 g/mol. The van der Waals surface area contributed by atoms with Crippen LogP contribution in [0.4, 0.5) is 0 Å². The molecule has 0 radical (unpaired) electrons. The second-order valence-electron chi connectivity index (χ2n) is 1.45. The lowest BCUT2D eigenvalue weighted by atomic mass is 11.0. The molecule has 0 fully saturated rings. The summed E-state index contributed by atoms with van der Waals surface area (Å²) in [4.78, 5) is 0. The van der Waals surface area contributed by atoms with Crippen LogP contribution < -0.4 is 0 Å². The molecule has 0 bridgehead atoms. The molecular formula is C4H6N2S4. The van der Waals surface area contributed by atoms with Crippen LogP contribution in [0.25, 0.3) is 0 Å². The molecule has 56 valence electrons. The molecule has 1 aromatic heterocycles. The third-order valence-corrected chi connectivity index (χ3v) is 3.50. The summed E-state index contributed by atoms with van der Waals surface area (Å²) >= 11 is 12.1. The molecule has 1 aromatic rings. The highest BCUT2D eigenvalue weighted by Crippen LogP contribution is 2.19. The molecule has 0 atom stereocenters. The molecule has 0 aliphatic heterocycles. The van der Waals surface area contributed by atoms with Crippen molar-refractivity contribution in [3.8, 4) is 0 Å². The van der Waals surface area contributed by atoms with Gasteiger partial charge in [-0.2, -0.15) is 17.7 Å². The maximum absolute atomic E-state index is 4.85. The number of hydrogen-bond acceptors (Lipinski definition) is 5. The summed E-state index contributed by atoms with van der Waals surface area (Å²) in [7, 11) is 0. The number of aromatic nitrogens is 2. The zero-order chi connectivity index (χ0) is 7.40. The third kappa shape index (κ3) is 2.61. The van der Waals surface area contributed by atoms with Gasteiger partial charge in [0.15, 0.2) is 8.29 Å². The minimum atomic E-state index is 0.738. The van der Waals surface area contributed by atoms with Gasteiger partial charge < -0.3 is 0 Å². The first-order valence-corrected chi connectivity index (χ1v) is 5.46. The minimum absolute atomic E-state index is 0.738. The number of nitrogens with one attached hydrogen (secondary N) is 1. The Hall–Kier alpha value is 0.480. The molecule has 1 heterocycles. The van der Waals surface area contributed by atoms with E-state index in [1.165, 1.54) is 11.3 Å². The fourth-order valence-corrected chi connectivity index (χ4v) is 2.58.